The van der Waals surface area contributed by atoms with E-state index in [1.165, 1.54) is 10.4 Å². The molecule has 1 saturated heterocycles. The Morgan fingerprint density at radius 3 is 2.46 bits per heavy atom. The standard InChI is InChI=1S/C18H29N3O4S/c1-5-21(6-2)26(23,24)15-9-12(3)13(4)16(10-15)20-18(22)17-8-7-14(11-19)25-17/h9-10,14,17H,5-8,11,19H2,1-4H3,(H,20,22)/t14-,17+/m1/s1. The van der Waals surface area contributed by atoms with Gasteiger partial charge in [0.1, 0.15) is 6.10 Å². The Bertz CT molecular complexity index is 760. The van der Waals surface area contributed by atoms with Crippen molar-refractivity contribution in [2.24, 2.45) is 5.73 Å². The lowest BCUT2D eigenvalue weighted by molar-refractivity contribution is -0.126. The monoisotopic (exact) mass is 383 g/mol. The summed E-state index contributed by atoms with van der Waals surface area (Å²) >= 11 is 0. The minimum Gasteiger partial charge on any atom is -0.364 e. The number of ether oxygens (including phenoxy) is 1. The molecule has 7 nitrogen and oxygen atoms in total. The molecule has 146 valence electrons. The first-order valence-corrected chi connectivity index (χ1v) is 10.5. The summed E-state index contributed by atoms with van der Waals surface area (Å²) in [5, 5.41) is 2.84. The highest BCUT2D eigenvalue weighted by Gasteiger charge is 2.30. The predicted octanol–water partition coefficient (Wildman–Crippen LogP) is 1.78. The largest absolute Gasteiger partial charge is 0.364 e. The highest BCUT2D eigenvalue weighted by atomic mass is 32.2. The van der Waals surface area contributed by atoms with Crippen molar-refractivity contribution in [2.75, 3.05) is 25.0 Å². The third-order valence-corrected chi connectivity index (χ3v) is 6.93. The van der Waals surface area contributed by atoms with Gasteiger partial charge in [0, 0.05) is 25.3 Å². The van der Waals surface area contributed by atoms with Crippen LogP contribution in [0, 0.1) is 13.8 Å². The number of rotatable bonds is 7. The van der Waals surface area contributed by atoms with E-state index in [-0.39, 0.29) is 16.9 Å². The summed E-state index contributed by atoms with van der Waals surface area (Å²) in [6.45, 7) is 8.47. The molecular formula is C18H29N3O4S. The molecule has 0 radical (unpaired) electrons. The lowest BCUT2D eigenvalue weighted by Crippen LogP contribution is -2.31. The van der Waals surface area contributed by atoms with Gasteiger partial charge in [0.05, 0.1) is 11.0 Å². The Morgan fingerprint density at radius 1 is 1.27 bits per heavy atom. The molecule has 2 atom stereocenters. The normalized spacial score (nSPS) is 20.5. The summed E-state index contributed by atoms with van der Waals surface area (Å²) in [5.41, 5.74) is 7.73. The van der Waals surface area contributed by atoms with Crippen LogP contribution >= 0.6 is 0 Å². The third-order valence-electron chi connectivity index (χ3n) is 4.90. The molecule has 0 unspecified atom stereocenters. The van der Waals surface area contributed by atoms with Crippen LogP contribution in [0.4, 0.5) is 5.69 Å². The van der Waals surface area contributed by atoms with E-state index < -0.39 is 16.1 Å². The van der Waals surface area contributed by atoms with Gasteiger partial charge in [-0.15, -0.1) is 0 Å². The predicted molar refractivity (Wildman–Crippen MR) is 102 cm³/mol. The number of nitrogens with zero attached hydrogens (tertiary/aromatic N) is 1. The molecule has 26 heavy (non-hydrogen) atoms. The molecule has 1 aromatic carbocycles. The molecule has 1 aliphatic rings. The Balaban J connectivity index is 2.29. The Kier molecular flexibility index (Phi) is 6.79. The van der Waals surface area contributed by atoms with Crippen LogP contribution in [0.15, 0.2) is 17.0 Å². The Morgan fingerprint density at radius 2 is 1.92 bits per heavy atom. The minimum atomic E-state index is -3.60. The van der Waals surface area contributed by atoms with Crippen molar-refractivity contribution in [3.8, 4) is 0 Å². The molecule has 1 aliphatic heterocycles. The fraction of sp³-hybridized carbons (Fsp3) is 0.611. The molecule has 1 amide bonds. The smallest absolute Gasteiger partial charge is 0.253 e. The van der Waals surface area contributed by atoms with Gasteiger partial charge in [0.25, 0.3) is 5.91 Å². The van der Waals surface area contributed by atoms with Gasteiger partial charge in [-0.25, -0.2) is 8.42 Å². The number of carbonyl (C=O) groups is 1. The van der Waals surface area contributed by atoms with Crippen LogP contribution < -0.4 is 11.1 Å². The number of benzene rings is 1. The molecule has 2 rings (SSSR count). The van der Waals surface area contributed by atoms with E-state index in [1.807, 2.05) is 13.8 Å². The maximum Gasteiger partial charge on any atom is 0.253 e. The number of hydrogen-bond acceptors (Lipinski definition) is 5. The van der Waals surface area contributed by atoms with Crippen molar-refractivity contribution in [2.45, 2.75) is 57.6 Å². The second-order valence-corrected chi connectivity index (χ2v) is 8.49. The maximum absolute atomic E-state index is 12.8. The van der Waals surface area contributed by atoms with Gasteiger partial charge < -0.3 is 15.8 Å². The number of anilines is 1. The lowest BCUT2D eigenvalue weighted by Gasteiger charge is -2.21. The molecule has 8 heteroatoms. The van der Waals surface area contributed by atoms with Crippen molar-refractivity contribution in [1.82, 2.24) is 4.31 Å². The Labute approximate surface area is 155 Å². The summed E-state index contributed by atoms with van der Waals surface area (Å²) < 4.78 is 32.6. The first-order chi connectivity index (χ1) is 12.2. The van der Waals surface area contributed by atoms with Gasteiger partial charge >= 0.3 is 0 Å². The zero-order valence-corrected chi connectivity index (χ0v) is 16.7. The molecule has 3 N–H and O–H groups in total. The first-order valence-electron chi connectivity index (χ1n) is 9.02. The van der Waals surface area contributed by atoms with E-state index >= 15 is 0 Å². The zero-order chi connectivity index (χ0) is 19.5. The van der Waals surface area contributed by atoms with Crippen molar-refractivity contribution < 1.29 is 17.9 Å². The summed E-state index contributed by atoms with van der Waals surface area (Å²) in [4.78, 5) is 12.7. The Hall–Kier alpha value is -1.48. The second kappa shape index (κ2) is 8.47. The van der Waals surface area contributed by atoms with E-state index in [0.717, 1.165) is 17.5 Å². The average molecular weight is 384 g/mol. The minimum absolute atomic E-state index is 0.0945. The average Bonchev–Trinajstić information content (AvgIpc) is 3.08. The van der Waals surface area contributed by atoms with Gasteiger partial charge in [-0.3, -0.25) is 4.79 Å². The van der Waals surface area contributed by atoms with E-state index in [4.69, 9.17) is 10.5 Å². The number of nitrogens with two attached hydrogens (primary N) is 1. The van der Waals surface area contributed by atoms with Crippen molar-refractivity contribution in [3.63, 3.8) is 0 Å². The number of sulfonamides is 1. The van der Waals surface area contributed by atoms with E-state index in [9.17, 15) is 13.2 Å². The zero-order valence-electron chi connectivity index (χ0n) is 15.9. The van der Waals surface area contributed by atoms with Crippen LogP contribution in [0.2, 0.25) is 0 Å². The SMILES string of the molecule is CCN(CC)S(=O)(=O)c1cc(C)c(C)c(NC(=O)[C@@H]2CC[C@H](CN)O2)c1. The lowest BCUT2D eigenvalue weighted by atomic mass is 10.1. The number of nitrogens with one attached hydrogen (secondary N) is 1. The molecule has 0 aliphatic carbocycles. The second-order valence-electron chi connectivity index (χ2n) is 6.55. The van der Waals surface area contributed by atoms with E-state index in [1.54, 1.807) is 19.9 Å². The fourth-order valence-electron chi connectivity index (χ4n) is 3.10. The molecule has 0 saturated carbocycles. The van der Waals surface area contributed by atoms with Crippen molar-refractivity contribution >= 4 is 21.6 Å². The summed E-state index contributed by atoms with van der Waals surface area (Å²) in [6, 6.07) is 3.18. The van der Waals surface area contributed by atoms with E-state index in [2.05, 4.69) is 5.32 Å². The number of aryl methyl sites for hydroxylation is 1. The molecular weight excluding hydrogens is 354 g/mol. The van der Waals surface area contributed by atoms with Crippen LogP contribution in [0.3, 0.4) is 0 Å². The molecule has 0 bridgehead atoms. The molecule has 0 spiro atoms. The topological polar surface area (TPSA) is 102 Å². The van der Waals surface area contributed by atoms with Crippen LogP contribution in [0.1, 0.15) is 37.8 Å². The molecule has 1 fully saturated rings. The van der Waals surface area contributed by atoms with Crippen molar-refractivity contribution in [3.05, 3.63) is 23.3 Å². The highest BCUT2D eigenvalue weighted by molar-refractivity contribution is 7.89. The van der Waals surface area contributed by atoms with E-state index in [0.29, 0.717) is 31.7 Å². The van der Waals surface area contributed by atoms with Gasteiger partial charge in [0.15, 0.2) is 0 Å². The summed E-state index contributed by atoms with van der Waals surface area (Å²) in [6.07, 6.45) is 0.723. The molecule has 1 aromatic rings. The maximum atomic E-state index is 12.8. The highest BCUT2D eigenvalue weighted by Crippen LogP contribution is 2.27. The number of carbonyl (C=O) groups excluding carboxylic acids is 1. The first kappa shape index (κ1) is 20.8. The van der Waals surface area contributed by atoms with Gasteiger partial charge in [-0.1, -0.05) is 13.8 Å². The summed E-state index contributed by atoms with van der Waals surface area (Å²) in [7, 11) is -3.60. The van der Waals surface area contributed by atoms with Crippen LogP contribution in [-0.2, 0) is 19.6 Å². The quantitative estimate of drug-likeness (QED) is 0.747. The third kappa shape index (κ3) is 4.25. The van der Waals surface area contributed by atoms with Crippen molar-refractivity contribution in [1.29, 1.82) is 0 Å². The number of hydrogen-bond donors (Lipinski definition) is 2. The van der Waals surface area contributed by atoms with Gasteiger partial charge in [-0.05, 0) is 49.9 Å². The summed E-state index contributed by atoms with van der Waals surface area (Å²) in [5.74, 6) is -0.263. The van der Waals surface area contributed by atoms with Gasteiger partial charge in [-0.2, -0.15) is 4.31 Å². The molecule has 1 heterocycles. The fourth-order valence-corrected chi connectivity index (χ4v) is 4.67. The molecule has 0 aromatic heterocycles. The van der Waals surface area contributed by atoms with Crippen LogP contribution in [0.25, 0.3) is 0 Å². The number of amides is 1. The van der Waals surface area contributed by atoms with Crippen LogP contribution in [-0.4, -0.2) is 50.5 Å². The van der Waals surface area contributed by atoms with Crippen LogP contribution in [0.5, 0.6) is 0 Å². The van der Waals surface area contributed by atoms with Gasteiger partial charge in [0.2, 0.25) is 10.0 Å².